The molecule has 2 rings (SSSR count). The van der Waals surface area contributed by atoms with Crippen LogP contribution in [0.5, 0.6) is 0 Å². The number of nitrogens with zero attached hydrogens (tertiary/aromatic N) is 2. The van der Waals surface area contributed by atoms with E-state index in [1.54, 1.807) is 0 Å². The molecule has 0 amide bonds. The maximum Gasteiger partial charge on any atom is 0.170 e. The highest BCUT2D eigenvalue weighted by atomic mass is 16.1. The minimum Gasteiger partial charge on any atom is -0.320 e. The Kier molecular flexibility index (Phi) is 3.90. The number of imidazole rings is 1. The van der Waals surface area contributed by atoms with Crippen LogP contribution in [0.4, 0.5) is 0 Å². The third-order valence-corrected chi connectivity index (χ3v) is 2.99. The van der Waals surface area contributed by atoms with Gasteiger partial charge in [0.05, 0.1) is 0 Å². The molecule has 0 saturated heterocycles. The molecular formula is C15H16N2O2. The minimum atomic E-state index is 0.149. The fraction of sp³-hybridized carbons (Fsp3) is 0.267. The summed E-state index contributed by atoms with van der Waals surface area (Å²) in [6.45, 7) is 4.53. The first kappa shape index (κ1) is 13.2. The number of carbonyl (C=O) groups excluding carboxylic acids is 2. The third kappa shape index (κ3) is 2.62. The average Bonchev–Trinajstić information content (AvgIpc) is 2.77. The number of carbonyl (C=O) groups is 2. The van der Waals surface area contributed by atoms with Crippen molar-refractivity contribution < 1.29 is 9.59 Å². The van der Waals surface area contributed by atoms with Crippen LogP contribution in [0, 0.1) is 0 Å². The van der Waals surface area contributed by atoms with Crippen molar-refractivity contribution in [3.8, 4) is 0 Å². The van der Waals surface area contributed by atoms with Gasteiger partial charge in [-0.05, 0) is 5.56 Å². The van der Waals surface area contributed by atoms with Gasteiger partial charge in [0.25, 0.3) is 0 Å². The predicted octanol–water partition coefficient (Wildman–Crippen LogP) is 2.68. The average molecular weight is 256 g/mol. The molecule has 4 heteroatoms. The highest BCUT2D eigenvalue weighted by Crippen LogP contribution is 2.19. The van der Waals surface area contributed by atoms with Gasteiger partial charge in [-0.3, -0.25) is 9.59 Å². The maximum atomic E-state index is 11.2. The van der Waals surface area contributed by atoms with E-state index in [-0.39, 0.29) is 11.6 Å². The van der Waals surface area contributed by atoms with Crippen molar-refractivity contribution in [3.05, 3.63) is 53.1 Å². The summed E-state index contributed by atoms with van der Waals surface area (Å²) in [6.07, 6.45) is 1.34. The van der Waals surface area contributed by atoms with Gasteiger partial charge in [0.2, 0.25) is 0 Å². The summed E-state index contributed by atoms with van der Waals surface area (Å²) in [5, 5.41) is 0. The standard InChI is InChI=1S/C15H16N2O2/c1-11(2)15-16-13(9-18)14(10-19)17(15)8-12-6-4-3-5-7-12/h3-7,9-11H,8H2,1-2H3. The van der Waals surface area contributed by atoms with Gasteiger partial charge in [0.15, 0.2) is 12.6 Å². The van der Waals surface area contributed by atoms with Gasteiger partial charge in [-0.1, -0.05) is 44.2 Å². The van der Waals surface area contributed by atoms with Gasteiger partial charge in [-0.15, -0.1) is 0 Å². The molecule has 0 aliphatic rings. The molecule has 0 aliphatic heterocycles. The number of rotatable bonds is 5. The van der Waals surface area contributed by atoms with Crippen LogP contribution < -0.4 is 0 Å². The van der Waals surface area contributed by atoms with Crippen LogP contribution in [0.1, 0.15) is 52.1 Å². The maximum absolute atomic E-state index is 11.2. The highest BCUT2D eigenvalue weighted by Gasteiger charge is 2.18. The van der Waals surface area contributed by atoms with Crippen molar-refractivity contribution in [1.29, 1.82) is 0 Å². The first-order chi connectivity index (χ1) is 9.17. The van der Waals surface area contributed by atoms with Gasteiger partial charge in [-0.2, -0.15) is 0 Å². The molecular weight excluding hydrogens is 240 g/mol. The summed E-state index contributed by atoms with van der Waals surface area (Å²) in [5.74, 6) is 0.907. The van der Waals surface area contributed by atoms with Gasteiger partial charge >= 0.3 is 0 Å². The van der Waals surface area contributed by atoms with Crippen molar-refractivity contribution in [2.24, 2.45) is 0 Å². The Morgan fingerprint density at radius 3 is 2.37 bits per heavy atom. The first-order valence-electron chi connectivity index (χ1n) is 6.22. The Hall–Kier alpha value is -2.23. The van der Waals surface area contributed by atoms with Gasteiger partial charge in [0.1, 0.15) is 17.2 Å². The lowest BCUT2D eigenvalue weighted by Gasteiger charge is -2.11. The Bertz CT molecular complexity index is 586. The van der Waals surface area contributed by atoms with Crippen molar-refractivity contribution >= 4 is 12.6 Å². The predicted molar refractivity (Wildman–Crippen MR) is 72.6 cm³/mol. The van der Waals surface area contributed by atoms with Crippen LogP contribution in [0.2, 0.25) is 0 Å². The van der Waals surface area contributed by atoms with Gasteiger partial charge < -0.3 is 4.57 Å². The molecule has 0 saturated carbocycles. The van der Waals surface area contributed by atoms with Crippen molar-refractivity contribution in [3.63, 3.8) is 0 Å². The molecule has 0 spiro atoms. The highest BCUT2D eigenvalue weighted by molar-refractivity contribution is 5.87. The smallest absolute Gasteiger partial charge is 0.170 e. The van der Waals surface area contributed by atoms with E-state index in [0.717, 1.165) is 11.4 Å². The zero-order valence-corrected chi connectivity index (χ0v) is 11.0. The molecule has 2 aromatic rings. The van der Waals surface area contributed by atoms with Crippen LogP contribution in [0.25, 0.3) is 0 Å². The summed E-state index contributed by atoms with van der Waals surface area (Å²) in [6, 6.07) is 9.81. The Balaban J connectivity index is 2.50. The van der Waals surface area contributed by atoms with E-state index < -0.39 is 0 Å². The molecule has 1 heterocycles. The van der Waals surface area contributed by atoms with Gasteiger partial charge in [0, 0.05) is 12.5 Å². The molecule has 0 radical (unpaired) electrons. The molecule has 0 N–H and O–H groups in total. The van der Waals surface area contributed by atoms with Crippen LogP contribution in [0.15, 0.2) is 30.3 Å². The van der Waals surface area contributed by atoms with E-state index in [4.69, 9.17) is 0 Å². The topological polar surface area (TPSA) is 52.0 Å². The van der Waals surface area contributed by atoms with Crippen LogP contribution in [-0.2, 0) is 6.54 Å². The monoisotopic (exact) mass is 256 g/mol. The molecule has 98 valence electrons. The molecule has 1 aromatic heterocycles. The molecule has 0 unspecified atom stereocenters. The number of hydrogen-bond acceptors (Lipinski definition) is 3. The van der Waals surface area contributed by atoms with E-state index >= 15 is 0 Å². The fourth-order valence-electron chi connectivity index (χ4n) is 2.09. The Morgan fingerprint density at radius 1 is 1.16 bits per heavy atom. The van der Waals surface area contributed by atoms with E-state index in [2.05, 4.69) is 4.98 Å². The van der Waals surface area contributed by atoms with Crippen LogP contribution >= 0.6 is 0 Å². The fourth-order valence-corrected chi connectivity index (χ4v) is 2.09. The van der Waals surface area contributed by atoms with Crippen molar-refractivity contribution in [2.75, 3.05) is 0 Å². The number of aromatic nitrogens is 2. The molecule has 0 aliphatic carbocycles. The molecule has 0 atom stereocenters. The van der Waals surface area contributed by atoms with E-state index in [1.807, 2.05) is 48.7 Å². The Labute approximate surface area is 112 Å². The molecule has 4 nitrogen and oxygen atoms in total. The second-order valence-electron chi connectivity index (χ2n) is 4.70. The number of aldehydes is 2. The quantitative estimate of drug-likeness (QED) is 0.773. The van der Waals surface area contributed by atoms with E-state index in [1.165, 1.54) is 0 Å². The van der Waals surface area contributed by atoms with Crippen molar-refractivity contribution in [1.82, 2.24) is 9.55 Å². The second kappa shape index (κ2) is 5.61. The summed E-state index contributed by atoms with van der Waals surface area (Å²) >= 11 is 0. The van der Waals surface area contributed by atoms with Crippen LogP contribution in [0.3, 0.4) is 0 Å². The summed E-state index contributed by atoms with van der Waals surface area (Å²) in [7, 11) is 0. The molecule has 0 fully saturated rings. The SMILES string of the molecule is CC(C)c1nc(C=O)c(C=O)n1Cc1ccccc1. The normalized spacial score (nSPS) is 10.7. The second-order valence-corrected chi connectivity index (χ2v) is 4.70. The van der Waals surface area contributed by atoms with Gasteiger partial charge in [-0.25, -0.2) is 4.98 Å². The Morgan fingerprint density at radius 2 is 1.84 bits per heavy atom. The molecule has 19 heavy (non-hydrogen) atoms. The number of benzene rings is 1. The lowest BCUT2D eigenvalue weighted by molar-refractivity contribution is 0.108. The summed E-state index contributed by atoms with van der Waals surface area (Å²) < 4.78 is 1.82. The largest absolute Gasteiger partial charge is 0.320 e. The number of hydrogen-bond donors (Lipinski definition) is 0. The summed E-state index contributed by atoms with van der Waals surface area (Å²) in [5.41, 5.74) is 1.64. The zero-order valence-electron chi connectivity index (χ0n) is 11.0. The molecule has 0 bridgehead atoms. The van der Waals surface area contributed by atoms with E-state index in [0.29, 0.717) is 24.8 Å². The minimum absolute atomic E-state index is 0.149. The van der Waals surface area contributed by atoms with Crippen LogP contribution in [-0.4, -0.2) is 22.1 Å². The molecule has 1 aromatic carbocycles. The van der Waals surface area contributed by atoms with E-state index in [9.17, 15) is 9.59 Å². The lowest BCUT2D eigenvalue weighted by atomic mass is 10.2. The third-order valence-electron chi connectivity index (χ3n) is 2.99. The first-order valence-corrected chi connectivity index (χ1v) is 6.22. The lowest BCUT2D eigenvalue weighted by Crippen LogP contribution is -2.09. The zero-order chi connectivity index (χ0) is 13.8. The van der Waals surface area contributed by atoms with Crippen molar-refractivity contribution in [2.45, 2.75) is 26.3 Å². The summed E-state index contributed by atoms with van der Waals surface area (Å²) in [4.78, 5) is 26.5.